The minimum atomic E-state index is -0.796. The van der Waals surface area contributed by atoms with E-state index in [1.54, 1.807) is 25.4 Å². The van der Waals surface area contributed by atoms with Gasteiger partial charge in [-0.2, -0.15) is 0 Å². The van der Waals surface area contributed by atoms with Gasteiger partial charge in [0.15, 0.2) is 0 Å². The first-order chi connectivity index (χ1) is 17.0. The van der Waals surface area contributed by atoms with E-state index < -0.39 is 18.0 Å². The number of rotatable bonds is 10. The Hall–Kier alpha value is -2.68. The van der Waals surface area contributed by atoms with Crippen LogP contribution in [0.5, 0.6) is 5.75 Å². The van der Waals surface area contributed by atoms with E-state index in [1.165, 1.54) is 17.8 Å². The molecule has 1 aliphatic heterocycles. The van der Waals surface area contributed by atoms with Crippen molar-refractivity contribution in [1.29, 1.82) is 0 Å². The molecule has 4 rings (SSSR count). The number of piperidine rings is 1. The Bertz CT molecular complexity index is 1160. The quantitative estimate of drug-likeness (QED) is 0.380. The standard InChI is InChI=1S/C27H31FN2O4S/c1-34-19-7-8-24-21(16-19)20(10-12-29-24)25(31)9-6-18-11-13-30(17-22(18)27(32)33)14-15-35-26-5-3-2-4-23(26)28/h2-5,7-8,10,12,16,18,22,25,31H,6,9,11,13-15,17H2,1H3,(H,32,33)/t18-,22+,25-/m1/s1. The van der Waals surface area contributed by atoms with Gasteiger partial charge in [-0.25, -0.2) is 4.39 Å². The second-order valence-electron chi connectivity index (χ2n) is 8.95. The highest BCUT2D eigenvalue weighted by Crippen LogP contribution is 2.34. The first kappa shape index (κ1) is 25.4. The number of aromatic nitrogens is 1. The monoisotopic (exact) mass is 498 g/mol. The summed E-state index contributed by atoms with van der Waals surface area (Å²) in [7, 11) is 1.60. The van der Waals surface area contributed by atoms with Crippen molar-refractivity contribution in [2.45, 2.75) is 30.3 Å². The summed E-state index contributed by atoms with van der Waals surface area (Å²) in [5, 5.41) is 21.7. The van der Waals surface area contributed by atoms with Crippen molar-refractivity contribution in [3.63, 3.8) is 0 Å². The summed E-state index contributed by atoms with van der Waals surface area (Å²) in [4.78, 5) is 19.2. The lowest BCUT2D eigenvalue weighted by atomic mass is 9.81. The van der Waals surface area contributed by atoms with Crippen LogP contribution in [0.25, 0.3) is 10.9 Å². The van der Waals surface area contributed by atoms with E-state index in [4.69, 9.17) is 4.74 Å². The van der Waals surface area contributed by atoms with Crippen molar-refractivity contribution in [2.75, 3.05) is 32.5 Å². The predicted octanol–water partition coefficient (Wildman–Crippen LogP) is 5.01. The molecule has 35 heavy (non-hydrogen) atoms. The predicted molar refractivity (Wildman–Crippen MR) is 135 cm³/mol. The molecule has 1 aliphatic rings. The second-order valence-corrected chi connectivity index (χ2v) is 10.1. The number of likely N-dealkylation sites (tertiary alicyclic amines) is 1. The van der Waals surface area contributed by atoms with Crippen molar-refractivity contribution >= 4 is 28.6 Å². The van der Waals surface area contributed by atoms with Crippen LogP contribution >= 0.6 is 11.8 Å². The van der Waals surface area contributed by atoms with Gasteiger partial charge in [0.1, 0.15) is 11.6 Å². The van der Waals surface area contributed by atoms with Gasteiger partial charge in [-0.1, -0.05) is 12.1 Å². The Labute approximate surface area is 209 Å². The number of carbonyl (C=O) groups is 1. The molecule has 2 heterocycles. The Kier molecular flexibility index (Phi) is 8.59. The van der Waals surface area contributed by atoms with Crippen molar-refractivity contribution in [3.8, 4) is 5.75 Å². The third-order valence-corrected chi connectivity index (χ3v) is 7.84. The summed E-state index contributed by atoms with van der Waals surface area (Å²) in [6.45, 7) is 1.99. The number of nitrogens with zero attached hydrogens (tertiary/aromatic N) is 2. The van der Waals surface area contributed by atoms with Gasteiger partial charge in [0.2, 0.25) is 0 Å². The summed E-state index contributed by atoms with van der Waals surface area (Å²) < 4.78 is 19.2. The Morgan fingerprint density at radius 1 is 1.29 bits per heavy atom. The molecule has 0 spiro atoms. The first-order valence-corrected chi connectivity index (χ1v) is 12.9. The molecule has 0 saturated carbocycles. The smallest absolute Gasteiger partial charge is 0.308 e. The number of benzene rings is 2. The van der Waals surface area contributed by atoms with Crippen LogP contribution in [-0.2, 0) is 4.79 Å². The van der Waals surface area contributed by atoms with Gasteiger partial charge in [-0.3, -0.25) is 9.78 Å². The molecule has 0 unspecified atom stereocenters. The summed E-state index contributed by atoms with van der Waals surface area (Å²) in [5.74, 6) is -0.0992. The molecule has 6 nitrogen and oxygen atoms in total. The van der Waals surface area contributed by atoms with Crippen molar-refractivity contribution < 1.29 is 24.1 Å². The number of carboxylic acids is 1. The number of hydrogen-bond acceptors (Lipinski definition) is 6. The van der Waals surface area contributed by atoms with Gasteiger partial charge in [0, 0.05) is 35.3 Å². The maximum Gasteiger partial charge on any atom is 0.308 e. The fourth-order valence-electron chi connectivity index (χ4n) is 4.83. The van der Waals surface area contributed by atoms with Crippen LogP contribution in [0, 0.1) is 17.7 Å². The molecular formula is C27H31FN2O4S. The average Bonchev–Trinajstić information content (AvgIpc) is 2.88. The Morgan fingerprint density at radius 3 is 2.89 bits per heavy atom. The highest BCUT2D eigenvalue weighted by Gasteiger charge is 2.34. The Morgan fingerprint density at radius 2 is 2.11 bits per heavy atom. The van der Waals surface area contributed by atoms with Gasteiger partial charge < -0.3 is 19.8 Å². The zero-order valence-electron chi connectivity index (χ0n) is 19.8. The number of ether oxygens (including phenoxy) is 1. The number of fused-ring (bicyclic) bond motifs is 1. The molecule has 1 saturated heterocycles. The molecule has 8 heteroatoms. The maximum atomic E-state index is 13.8. The SMILES string of the molecule is COc1ccc2nccc([C@H](O)CC[C@@H]3CCN(CCSc4ccccc4F)C[C@@H]3C(=O)O)c2c1. The number of methoxy groups -OCH3 is 1. The number of carboxylic acid groups (broad SMARTS) is 1. The lowest BCUT2D eigenvalue weighted by molar-refractivity contribution is -0.146. The average molecular weight is 499 g/mol. The lowest BCUT2D eigenvalue weighted by Crippen LogP contribution is -2.44. The van der Waals surface area contributed by atoms with Crippen LogP contribution in [0.3, 0.4) is 0 Å². The topological polar surface area (TPSA) is 82.9 Å². The zero-order valence-corrected chi connectivity index (χ0v) is 20.6. The summed E-state index contributed by atoms with van der Waals surface area (Å²) in [5.41, 5.74) is 1.57. The maximum absolute atomic E-state index is 13.8. The van der Waals surface area contributed by atoms with Crippen molar-refractivity contribution in [2.24, 2.45) is 11.8 Å². The zero-order chi connectivity index (χ0) is 24.8. The summed E-state index contributed by atoms with van der Waals surface area (Å²) in [6.07, 6.45) is 2.85. The van der Waals surface area contributed by atoms with E-state index in [2.05, 4.69) is 9.88 Å². The molecule has 0 bridgehead atoms. The van der Waals surface area contributed by atoms with Gasteiger partial charge in [0.25, 0.3) is 0 Å². The molecule has 2 aromatic carbocycles. The van der Waals surface area contributed by atoms with E-state index in [0.717, 1.165) is 29.4 Å². The van der Waals surface area contributed by atoms with E-state index in [0.29, 0.717) is 42.3 Å². The van der Waals surface area contributed by atoms with Crippen molar-refractivity contribution in [3.05, 3.63) is 66.1 Å². The molecule has 3 atom stereocenters. The van der Waals surface area contributed by atoms with Gasteiger partial charge in [0.05, 0.1) is 24.6 Å². The third-order valence-electron chi connectivity index (χ3n) is 6.81. The molecule has 0 amide bonds. The number of aliphatic hydroxyl groups is 1. The fraction of sp³-hybridized carbons (Fsp3) is 0.407. The highest BCUT2D eigenvalue weighted by molar-refractivity contribution is 7.99. The molecular weight excluding hydrogens is 467 g/mol. The van der Waals surface area contributed by atoms with E-state index in [-0.39, 0.29) is 11.7 Å². The summed E-state index contributed by atoms with van der Waals surface area (Å²) >= 11 is 1.46. The normalized spacial score (nSPS) is 19.5. The number of aliphatic carboxylic acids is 1. The van der Waals surface area contributed by atoms with Gasteiger partial charge in [-0.15, -0.1) is 11.8 Å². The minimum Gasteiger partial charge on any atom is -0.497 e. The molecule has 1 fully saturated rings. The van der Waals surface area contributed by atoms with E-state index in [1.807, 2.05) is 30.3 Å². The second kappa shape index (κ2) is 11.8. The fourth-order valence-corrected chi connectivity index (χ4v) is 5.78. The largest absolute Gasteiger partial charge is 0.497 e. The number of thioether (sulfide) groups is 1. The Balaban J connectivity index is 1.34. The molecule has 186 valence electrons. The van der Waals surface area contributed by atoms with Crippen LogP contribution in [0.15, 0.2) is 59.6 Å². The van der Waals surface area contributed by atoms with Gasteiger partial charge in [-0.05, 0) is 73.7 Å². The van der Waals surface area contributed by atoms with Crippen LogP contribution in [0.1, 0.15) is 30.9 Å². The van der Waals surface area contributed by atoms with E-state index in [9.17, 15) is 19.4 Å². The van der Waals surface area contributed by atoms with Crippen LogP contribution in [0.4, 0.5) is 4.39 Å². The van der Waals surface area contributed by atoms with Crippen molar-refractivity contribution in [1.82, 2.24) is 9.88 Å². The van der Waals surface area contributed by atoms with Gasteiger partial charge >= 0.3 is 5.97 Å². The van der Waals surface area contributed by atoms with Crippen LogP contribution in [-0.4, -0.2) is 58.6 Å². The lowest BCUT2D eigenvalue weighted by Gasteiger charge is -2.37. The highest BCUT2D eigenvalue weighted by atomic mass is 32.2. The van der Waals surface area contributed by atoms with E-state index >= 15 is 0 Å². The van der Waals surface area contributed by atoms with Crippen LogP contribution in [0.2, 0.25) is 0 Å². The molecule has 3 aromatic rings. The molecule has 1 aromatic heterocycles. The first-order valence-electron chi connectivity index (χ1n) is 11.9. The number of halogens is 1. The number of aliphatic hydroxyl groups excluding tert-OH is 1. The minimum absolute atomic E-state index is 0.000239. The molecule has 0 aliphatic carbocycles. The number of hydrogen-bond donors (Lipinski definition) is 2. The molecule has 2 N–H and O–H groups in total. The number of pyridine rings is 1. The summed E-state index contributed by atoms with van der Waals surface area (Å²) in [6, 6.07) is 14.1. The third kappa shape index (κ3) is 6.31. The molecule has 0 radical (unpaired) electrons. The van der Waals surface area contributed by atoms with Crippen LogP contribution < -0.4 is 4.74 Å².